The van der Waals surface area contributed by atoms with Crippen LogP contribution in [0.2, 0.25) is 0 Å². The SMILES string of the molecule is COc1cc(/C=C/C(=O)CCN2CCN(c3ccccc3)CC2)cc(OC)c1OC.Cl.O. The summed E-state index contributed by atoms with van der Waals surface area (Å²) >= 11 is 0. The Labute approximate surface area is 196 Å². The number of ether oxygens (including phenoxy) is 3. The largest absolute Gasteiger partial charge is 0.493 e. The van der Waals surface area contributed by atoms with Crippen LogP contribution >= 0.6 is 12.4 Å². The van der Waals surface area contributed by atoms with Crippen molar-refractivity contribution in [3.63, 3.8) is 0 Å². The molecular formula is C24H33ClN2O5. The average Bonchev–Trinajstić information content (AvgIpc) is 2.81. The van der Waals surface area contributed by atoms with Crippen LogP contribution < -0.4 is 19.1 Å². The van der Waals surface area contributed by atoms with Crippen LogP contribution in [0.3, 0.4) is 0 Å². The second kappa shape index (κ2) is 13.6. The molecule has 0 bridgehead atoms. The third-order valence-electron chi connectivity index (χ3n) is 5.32. The molecule has 1 saturated heterocycles. The van der Waals surface area contributed by atoms with E-state index in [1.165, 1.54) is 5.69 Å². The van der Waals surface area contributed by atoms with Crippen molar-refractivity contribution in [3.8, 4) is 17.2 Å². The molecule has 0 atom stereocenters. The molecule has 0 aliphatic carbocycles. The van der Waals surface area contributed by atoms with Gasteiger partial charge in [-0.15, -0.1) is 12.4 Å². The van der Waals surface area contributed by atoms with E-state index < -0.39 is 0 Å². The topological polar surface area (TPSA) is 82.7 Å². The fraction of sp³-hybridized carbons (Fsp3) is 0.375. The van der Waals surface area contributed by atoms with Gasteiger partial charge in [0, 0.05) is 44.8 Å². The van der Waals surface area contributed by atoms with Crippen LogP contribution in [0.4, 0.5) is 5.69 Å². The zero-order valence-corrected chi connectivity index (χ0v) is 19.7. The normalized spacial score (nSPS) is 13.8. The van der Waals surface area contributed by atoms with E-state index in [0.717, 1.165) is 38.3 Å². The van der Waals surface area contributed by atoms with Crippen molar-refractivity contribution in [1.82, 2.24) is 4.90 Å². The first-order valence-electron chi connectivity index (χ1n) is 10.2. The van der Waals surface area contributed by atoms with Crippen LogP contribution in [0.5, 0.6) is 17.2 Å². The smallest absolute Gasteiger partial charge is 0.203 e. The molecule has 2 aromatic rings. The van der Waals surface area contributed by atoms with Gasteiger partial charge in [0.05, 0.1) is 21.3 Å². The van der Waals surface area contributed by atoms with Gasteiger partial charge in [-0.3, -0.25) is 9.69 Å². The molecule has 0 amide bonds. The first-order chi connectivity index (χ1) is 14.6. The molecule has 7 nitrogen and oxygen atoms in total. The average molecular weight is 465 g/mol. The Morgan fingerprint density at radius 2 is 1.53 bits per heavy atom. The van der Waals surface area contributed by atoms with Gasteiger partial charge in [-0.25, -0.2) is 0 Å². The lowest BCUT2D eigenvalue weighted by atomic mass is 10.1. The second-order valence-electron chi connectivity index (χ2n) is 7.17. The Hall–Kier alpha value is -2.74. The second-order valence-corrected chi connectivity index (χ2v) is 7.17. The van der Waals surface area contributed by atoms with Crippen LogP contribution in [0.15, 0.2) is 48.5 Å². The summed E-state index contributed by atoms with van der Waals surface area (Å²) < 4.78 is 16.0. The van der Waals surface area contributed by atoms with Crippen molar-refractivity contribution in [1.29, 1.82) is 0 Å². The Bertz CT molecular complexity index is 843. The highest BCUT2D eigenvalue weighted by Crippen LogP contribution is 2.38. The van der Waals surface area contributed by atoms with E-state index in [-0.39, 0.29) is 23.7 Å². The third kappa shape index (κ3) is 7.15. The summed E-state index contributed by atoms with van der Waals surface area (Å²) in [4.78, 5) is 17.1. The molecule has 1 fully saturated rings. The van der Waals surface area contributed by atoms with Crippen LogP contribution in [0.25, 0.3) is 6.08 Å². The number of carbonyl (C=O) groups excluding carboxylic acids is 1. The molecule has 176 valence electrons. The van der Waals surface area contributed by atoms with E-state index in [1.807, 2.05) is 18.2 Å². The fourth-order valence-corrected chi connectivity index (χ4v) is 3.61. The maximum absolute atomic E-state index is 12.4. The molecule has 32 heavy (non-hydrogen) atoms. The number of rotatable bonds is 9. The summed E-state index contributed by atoms with van der Waals surface area (Å²) in [5, 5.41) is 0. The Balaban J connectivity index is 0.00000256. The number of hydrogen-bond acceptors (Lipinski definition) is 6. The molecule has 0 saturated carbocycles. The third-order valence-corrected chi connectivity index (χ3v) is 5.32. The van der Waals surface area contributed by atoms with Gasteiger partial charge in [0.25, 0.3) is 0 Å². The fourth-order valence-electron chi connectivity index (χ4n) is 3.61. The predicted molar refractivity (Wildman–Crippen MR) is 131 cm³/mol. The molecule has 0 radical (unpaired) electrons. The van der Waals surface area contributed by atoms with Crippen molar-refractivity contribution >= 4 is 30.0 Å². The van der Waals surface area contributed by atoms with Gasteiger partial charge in [-0.05, 0) is 35.9 Å². The molecule has 0 unspecified atom stereocenters. The van der Waals surface area contributed by atoms with Gasteiger partial charge in [-0.2, -0.15) is 0 Å². The number of benzene rings is 2. The van der Waals surface area contributed by atoms with Crippen molar-refractivity contribution in [2.75, 3.05) is 59.0 Å². The van der Waals surface area contributed by atoms with E-state index in [4.69, 9.17) is 14.2 Å². The number of ketones is 1. The summed E-state index contributed by atoms with van der Waals surface area (Å²) in [6, 6.07) is 14.1. The van der Waals surface area contributed by atoms with E-state index in [0.29, 0.717) is 23.7 Å². The summed E-state index contributed by atoms with van der Waals surface area (Å²) in [5.41, 5.74) is 2.09. The molecule has 3 rings (SSSR count). The molecule has 0 aromatic heterocycles. The molecule has 1 aliphatic heterocycles. The zero-order chi connectivity index (χ0) is 21.3. The van der Waals surface area contributed by atoms with Gasteiger partial charge in [-0.1, -0.05) is 24.3 Å². The first kappa shape index (κ1) is 27.3. The lowest BCUT2D eigenvalue weighted by Crippen LogP contribution is -2.46. The molecule has 2 aromatic carbocycles. The van der Waals surface area contributed by atoms with E-state index in [9.17, 15) is 4.79 Å². The number of nitrogens with zero attached hydrogens (tertiary/aromatic N) is 2. The van der Waals surface area contributed by atoms with Crippen LogP contribution in [0, 0.1) is 0 Å². The predicted octanol–water partition coefficient (Wildman–Crippen LogP) is 3.10. The van der Waals surface area contributed by atoms with Crippen LogP contribution in [-0.2, 0) is 4.79 Å². The van der Waals surface area contributed by atoms with Crippen molar-refractivity contribution in [3.05, 3.63) is 54.1 Å². The summed E-state index contributed by atoms with van der Waals surface area (Å²) in [6.07, 6.45) is 3.92. The number of piperazine rings is 1. The first-order valence-corrected chi connectivity index (χ1v) is 10.2. The minimum Gasteiger partial charge on any atom is -0.493 e. The minimum absolute atomic E-state index is 0. The highest BCUT2D eigenvalue weighted by Gasteiger charge is 2.17. The lowest BCUT2D eigenvalue weighted by molar-refractivity contribution is -0.114. The zero-order valence-electron chi connectivity index (χ0n) is 18.9. The van der Waals surface area contributed by atoms with Crippen molar-refractivity contribution in [2.24, 2.45) is 0 Å². The monoisotopic (exact) mass is 464 g/mol. The molecular weight excluding hydrogens is 432 g/mol. The summed E-state index contributed by atoms with van der Waals surface area (Å²) in [7, 11) is 4.72. The molecule has 8 heteroatoms. The minimum atomic E-state index is 0. The van der Waals surface area contributed by atoms with Gasteiger partial charge >= 0.3 is 0 Å². The number of allylic oxidation sites excluding steroid dienone is 1. The van der Waals surface area contributed by atoms with Gasteiger partial charge in [0.1, 0.15) is 0 Å². The highest BCUT2D eigenvalue weighted by molar-refractivity contribution is 5.93. The Kier molecular flexibility index (Phi) is 11.6. The molecule has 0 spiro atoms. The number of halogens is 1. The number of para-hydroxylation sites is 1. The quantitative estimate of drug-likeness (QED) is 0.530. The van der Waals surface area contributed by atoms with Gasteiger partial charge < -0.3 is 24.6 Å². The Morgan fingerprint density at radius 3 is 2.06 bits per heavy atom. The van der Waals surface area contributed by atoms with E-state index >= 15 is 0 Å². The summed E-state index contributed by atoms with van der Waals surface area (Å²) in [5.74, 6) is 1.79. The maximum atomic E-state index is 12.4. The number of hydrogen-bond donors (Lipinski definition) is 0. The maximum Gasteiger partial charge on any atom is 0.203 e. The van der Waals surface area contributed by atoms with Crippen molar-refractivity contribution < 1.29 is 24.5 Å². The van der Waals surface area contributed by atoms with Gasteiger partial charge in [0.2, 0.25) is 5.75 Å². The molecule has 1 aliphatic rings. The number of anilines is 1. The van der Waals surface area contributed by atoms with E-state index in [2.05, 4.69) is 34.1 Å². The Morgan fingerprint density at radius 1 is 0.938 bits per heavy atom. The van der Waals surface area contributed by atoms with Crippen LogP contribution in [-0.4, -0.2) is 70.2 Å². The van der Waals surface area contributed by atoms with Crippen LogP contribution in [0.1, 0.15) is 12.0 Å². The molecule has 2 N–H and O–H groups in total. The van der Waals surface area contributed by atoms with Gasteiger partial charge in [0.15, 0.2) is 17.3 Å². The van der Waals surface area contributed by atoms with E-state index in [1.54, 1.807) is 33.5 Å². The highest BCUT2D eigenvalue weighted by atomic mass is 35.5. The van der Waals surface area contributed by atoms with Crippen molar-refractivity contribution in [2.45, 2.75) is 6.42 Å². The number of carbonyl (C=O) groups is 1. The standard InChI is InChI=1S/C24H30N2O4.ClH.H2O/c1-28-22-17-19(18-23(29-2)24(22)30-3)9-10-21(27)11-12-25-13-15-26(16-14-25)20-7-5-4-6-8-20;;/h4-10,17-18H,11-16H2,1-3H3;1H;1H2/b10-9+;;. The molecule has 1 heterocycles. The lowest BCUT2D eigenvalue weighted by Gasteiger charge is -2.36. The summed E-state index contributed by atoms with van der Waals surface area (Å²) in [6.45, 7) is 4.69. The number of methoxy groups -OCH3 is 3.